The summed E-state index contributed by atoms with van der Waals surface area (Å²) in [6.07, 6.45) is 0. The molecule has 0 bridgehead atoms. The van der Waals surface area contributed by atoms with Gasteiger partial charge in [0.2, 0.25) is 10.0 Å². The van der Waals surface area contributed by atoms with Gasteiger partial charge in [-0.25, -0.2) is 13.6 Å². The monoisotopic (exact) mass is 344 g/mol. The molecule has 0 saturated heterocycles. The normalized spacial score (nSPS) is 11.4. The average Bonchev–Trinajstić information content (AvgIpc) is 2.35. The van der Waals surface area contributed by atoms with Crippen LogP contribution in [-0.4, -0.2) is 8.42 Å². The Labute approximate surface area is 133 Å². The fourth-order valence-electron chi connectivity index (χ4n) is 1.88. The van der Waals surface area contributed by atoms with Gasteiger partial charge >= 0.3 is 0 Å². The molecule has 7 heteroatoms. The van der Waals surface area contributed by atoms with Crippen molar-refractivity contribution in [3.05, 3.63) is 57.6 Å². The molecule has 0 aromatic heterocycles. The highest BCUT2D eigenvalue weighted by atomic mass is 35.5. The predicted octanol–water partition coefficient (Wildman–Crippen LogP) is 3.56. The van der Waals surface area contributed by atoms with Gasteiger partial charge in [0.05, 0.1) is 4.90 Å². The number of primary sulfonamides is 1. The van der Waals surface area contributed by atoms with E-state index in [-0.39, 0.29) is 4.90 Å². The minimum atomic E-state index is -3.72. The summed E-state index contributed by atoms with van der Waals surface area (Å²) in [5, 5.41) is 9.39. The van der Waals surface area contributed by atoms with E-state index >= 15 is 0 Å². The number of halogens is 2. The number of nitrogens with two attached hydrogens (primary N) is 1. The first-order valence-corrected chi connectivity index (χ1v) is 8.38. The predicted molar refractivity (Wildman–Crippen MR) is 86.3 cm³/mol. The first-order valence-electron chi connectivity index (χ1n) is 6.08. The van der Waals surface area contributed by atoms with Crippen molar-refractivity contribution >= 4 is 38.9 Å². The molecule has 0 atom stereocenters. The highest BCUT2D eigenvalue weighted by Crippen LogP contribution is 2.22. The minimum absolute atomic E-state index is 0.0692. The molecular formula is C14H14Cl2N2O2S. The summed E-state index contributed by atoms with van der Waals surface area (Å²) in [7, 11) is -3.72. The summed E-state index contributed by atoms with van der Waals surface area (Å²) in [5.41, 5.74) is 2.50. The minimum Gasteiger partial charge on any atom is -0.381 e. The number of hydrogen-bond donors (Lipinski definition) is 2. The van der Waals surface area contributed by atoms with Crippen LogP contribution in [0.5, 0.6) is 0 Å². The maximum Gasteiger partial charge on any atom is 0.238 e. The van der Waals surface area contributed by atoms with Crippen LogP contribution in [0.25, 0.3) is 0 Å². The number of hydrogen-bond acceptors (Lipinski definition) is 3. The van der Waals surface area contributed by atoms with Gasteiger partial charge in [0.25, 0.3) is 0 Å². The third kappa shape index (κ3) is 4.35. The first-order chi connectivity index (χ1) is 9.75. The molecule has 0 heterocycles. The molecule has 0 amide bonds. The number of nitrogens with one attached hydrogen (secondary N) is 1. The van der Waals surface area contributed by atoms with Crippen LogP contribution in [0.2, 0.25) is 10.0 Å². The van der Waals surface area contributed by atoms with E-state index in [1.807, 2.05) is 6.92 Å². The summed E-state index contributed by atoms with van der Waals surface area (Å²) in [6, 6.07) is 9.92. The van der Waals surface area contributed by atoms with Crippen molar-refractivity contribution in [3.8, 4) is 0 Å². The summed E-state index contributed by atoms with van der Waals surface area (Å²) >= 11 is 11.9. The Balaban J connectivity index is 2.23. The van der Waals surface area contributed by atoms with Crippen LogP contribution in [0.15, 0.2) is 41.3 Å². The van der Waals surface area contributed by atoms with Gasteiger partial charge in [-0.2, -0.15) is 0 Å². The topological polar surface area (TPSA) is 72.2 Å². The second kappa shape index (κ2) is 6.23. The van der Waals surface area contributed by atoms with Crippen LogP contribution < -0.4 is 10.5 Å². The zero-order valence-electron chi connectivity index (χ0n) is 11.2. The van der Waals surface area contributed by atoms with Gasteiger partial charge in [0.15, 0.2) is 0 Å². The van der Waals surface area contributed by atoms with Crippen molar-refractivity contribution in [2.45, 2.75) is 18.4 Å². The summed E-state index contributed by atoms with van der Waals surface area (Å²) < 4.78 is 22.8. The van der Waals surface area contributed by atoms with E-state index in [9.17, 15) is 8.42 Å². The Morgan fingerprint density at radius 2 is 1.71 bits per heavy atom. The van der Waals surface area contributed by atoms with Gasteiger partial charge in [0.1, 0.15) is 0 Å². The van der Waals surface area contributed by atoms with Crippen LogP contribution in [-0.2, 0) is 16.6 Å². The largest absolute Gasteiger partial charge is 0.381 e. The third-order valence-electron chi connectivity index (χ3n) is 2.94. The Morgan fingerprint density at radius 3 is 2.29 bits per heavy atom. The third-order valence-corrected chi connectivity index (χ3v) is 4.29. The van der Waals surface area contributed by atoms with Gasteiger partial charge in [-0.05, 0) is 48.4 Å². The van der Waals surface area contributed by atoms with Crippen LogP contribution in [0.3, 0.4) is 0 Å². The highest BCUT2D eigenvalue weighted by molar-refractivity contribution is 7.89. The fraction of sp³-hybridized carbons (Fsp3) is 0.143. The molecule has 3 N–H and O–H groups in total. The molecule has 0 aliphatic heterocycles. The highest BCUT2D eigenvalue weighted by Gasteiger charge is 2.10. The number of anilines is 1. The Bertz CT molecular complexity index is 756. The van der Waals surface area contributed by atoms with Gasteiger partial charge in [0, 0.05) is 22.3 Å². The van der Waals surface area contributed by atoms with E-state index in [1.54, 1.807) is 24.3 Å². The number of sulfonamides is 1. The molecule has 2 aromatic carbocycles. The Morgan fingerprint density at radius 1 is 1.10 bits per heavy atom. The van der Waals surface area contributed by atoms with Crippen LogP contribution in [0.1, 0.15) is 11.1 Å². The Kier molecular flexibility index (Phi) is 4.78. The van der Waals surface area contributed by atoms with Gasteiger partial charge in [-0.3, -0.25) is 0 Å². The van der Waals surface area contributed by atoms with E-state index in [0.717, 1.165) is 11.1 Å². The van der Waals surface area contributed by atoms with Crippen molar-refractivity contribution < 1.29 is 8.42 Å². The zero-order chi connectivity index (χ0) is 15.6. The summed E-state index contributed by atoms with van der Waals surface area (Å²) in [4.78, 5) is 0.0692. The standard InChI is InChI=1S/C14H14Cl2N2O2S/c1-9-2-3-13(21(17,19)20)7-14(9)18-8-10-4-11(15)6-12(16)5-10/h2-7,18H,8H2,1H3,(H2,17,19,20). The maximum atomic E-state index is 11.4. The molecule has 4 nitrogen and oxygen atoms in total. The SMILES string of the molecule is Cc1ccc(S(N)(=O)=O)cc1NCc1cc(Cl)cc(Cl)c1. The van der Waals surface area contributed by atoms with Crippen LogP contribution in [0, 0.1) is 6.92 Å². The van der Waals surface area contributed by atoms with Crippen molar-refractivity contribution in [2.75, 3.05) is 5.32 Å². The number of aryl methyl sites for hydroxylation is 1. The number of benzene rings is 2. The lowest BCUT2D eigenvalue weighted by Crippen LogP contribution is -2.13. The molecule has 112 valence electrons. The first kappa shape index (κ1) is 16.1. The van der Waals surface area contributed by atoms with E-state index in [0.29, 0.717) is 22.3 Å². The molecular weight excluding hydrogens is 331 g/mol. The lowest BCUT2D eigenvalue weighted by Gasteiger charge is -2.11. The van der Waals surface area contributed by atoms with Crippen LogP contribution in [0.4, 0.5) is 5.69 Å². The van der Waals surface area contributed by atoms with Crippen LogP contribution >= 0.6 is 23.2 Å². The average molecular weight is 345 g/mol. The molecule has 0 spiro atoms. The summed E-state index contributed by atoms with van der Waals surface area (Å²) in [6.45, 7) is 2.34. The van der Waals surface area contributed by atoms with E-state index in [2.05, 4.69) is 5.32 Å². The van der Waals surface area contributed by atoms with Gasteiger partial charge in [-0.1, -0.05) is 29.3 Å². The molecule has 2 rings (SSSR count). The summed E-state index contributed by atoms with van der Waals surface area (Å²) in [5.74, 6) is 0. The zero-order valence-corrected chi connectivity index (χ0v) is 13.6. The van der Waals surface area contributed by atoms with Crippen molar-refractivity contribution in [1.82, 2.24) is 0 Å². The quantitative estimate of drug-likeness (QED) is 0.890. The fourth-order valence-corrected chi connectivity index (χ4v) is 2.99. The second-order valence-corrected chi connectivity index (χ2v) is 7.09. The maximum absolute atomic E-state index is 11.4. The molecule has 0 radical (unpaired) electrons. The van der Waals surface area contributed by atoms with E-state index < -0.39 is 10.0 Å². The molecule has 0 aliphatic carbocycles. The molecule has 2 aromatic rings. The Hall–Kier alpha value is -1.27. The molecule has 0 unspecified atom stereocenters. The van der Waals surface area contributed by atoms with Gasteiger partial charge in [-0.15, -0.1) is 0 Å². The lowest BCUT2D eigenvalue weighted by atomic mass is 10.2. The lowest BCUT2D eigenvalue weighted by molar-refractivity contribution is 0.598. The van der Waals surface area contributed by atoms with Crippen molar-refractivity contribution in [3.63, 3.8) is 0 Å². The molecule has 0 fully saturated rings. The number of rotatable bonds is 4. The van der Waals surface area contributed by atoms with E-state index in [4.69, 9.17) is 28.3 Å². The van der Waals surface area contributed by atoms with E-state index in [1.165, 1.54) is 12.1 Å². The van der Waals surface area contributed by atoms with Crippen molar-refractivity contribution in [2.24, 2.45) is 5.14 Å². The molecule has 0 aliphatic rings. The molecule has 21 heavy (non-hydrogen) atoms. The van der Waals surface area contributed by atoms with Crippen molar-refractivity contribution in [1.29, 1.82) is 0 Å². The van der Waals surface area contributed by atoms with Gasteiger partial charge < -0.3 is 5.32 Å². The second-order valence-electron chi connectivity index (χ2n) is 4.65. The molecule has 0 saturated carbocycles. The smallest absolute Gasteiger partial charge is 0.238 e.